The average Bonchev–Trinajstić information content (AvgIpc) is 3.36. The zero-order valence-corrected chi connectivity index (χ0v) is 18.8. The van der Waals surface area contributed by atoms with E-state index >= 15 is 0 Å². The Kier molecular flexibility index (Phi) is 9.64. The molecule has 0 aromatic heterocycles. The highest BCUT2D eigenvalue weighted by Gasteiger charge is 2.33. The molecular formula is C20H33IN4O2. The molecule has 1 aliphatic heterocycles. The zero-order chi connectivity index (χ0) is 18.2. The van der Waals surface area contributed by atoms with E-state index in [9.17, 15) is 0 Å². The minimum atomic E-state index is 0. The van der Waals surface area contributed by atoms with Gasteiger partial charge in [-0.15, -0.1) is 24.0 Å². The molecule has 1 saturated carbocycles. The highest BCUT2D eigenvalue weighted by atomic mass is 127. The number of guanidine groups is 1. The van der Waals surface area contributed by atoms with Crippen LogP contribution in [0.2, 0.25) is 0 Å². The molecule has 0 spiro atoms. The molecule has 152 valence electrons. The van der Waals surface area contributed by atoms with E-state index in [0.717, 1.165) is 62.6 Å². The second-order valence-electron chi connectivity index (χ2n) is 7.07. The van der Waals surface area contributed by atoms with Gasteiger partial charge in [-0.25, -0.2) is 4.99 Å². The van der Waals surface area contributed by atoms with Gasteiger partial charge in [0, 0.05) is 37.8 Å². The van der Waals surface area contributed by atoms with Gasteiger partial charge in [0.15, 0.2) is 5.96 Å². The molecule has 1 aliphatic carbocycles. The lowest BCUT2D eigenvalue weighted by Crippen LogP contribution is -2.39. The Morgan fingerprint density at radius 2 is 2.04 bits per heavy atom. The predicted molar refractivity (Wildman–Crippen MR) is 120 cm³/mol. The average molecular weight is 488 g/mol. The first kappa shape index (κ1) is 22.2. The van der Waals surface area contributed by atoms with Gasteiger partial charge < -0.3 is 20.1 Å². The Balaban J connectivity index is 0.00000261. The van der Waals surface area contributed by atoms with Crippen LogP contribution in [0.3, 0.4) is 0 Å². The summed E-state index contributed by atoms with van der Waals surface area (Å²) in [7, 11) is 0. The zero-order valence-electron chi connectivity index (χ0n) is 16.4. The molecule has 0 radical (unpaired) electrons. The smallest absolute Gasteiger partial charge is 0.191 e. The van der Waals surface area contributed by atoms with Gasteiger partial charge in [0.1, 0.15) is 12.4 Å². The van der Waals surface area contributed by atoms with Crippen LogP contribution < -0.4 is 15.4 Å². The Bertz CT molecular complexity index is 593. The molecule has 1 aromatic carbocycles. The Hall–Kier alpha value is -1.06. The van der Waals surface area contributed by atoms with Crippen LogP contribution in [0.1, 0.15) is 25.8 Å². The van der Waals surface area contributed by atoms with Crippen molar-refractivity contribution >= 4 is 29.9 Å². The summed E-state index contributed by atoms with van der Waals surface area (Å²) in [6, 6.07) is 8.76. The Morgan fingerprint density at radius 1 is 1.30 bits per heavy atom. The van der Waals surface area contributed by atoms with Gasteiger partial charge in [-0.3, -0.25) is 4.90 Å². The third kappa shape index (κ3) is 7.46. The van der Waals surface area contributed by atoms with Crippen LogP contribution in [0.15, 0.2) is 29.3 Å². The van der Waals surface area contributed by atoms with Crippen LogP contribution in [0.25, 0.3) is 0 Å². The largest absolute Gasteiger partial charge is 0.492 e. The monoisotopic (exact) mass is 488 g/mol. The maximum atomic E-state index is 6.05. The molecule has 1 saturated heterocycles. The highest BCUT2D eigenvalue weighted by Crippen LogP contribution is 2.28. The summed E-state index contributed by atoms with van der Waals surface area (Å²) in [6.45, 7) is 11.1. The van der Waals surface area contributed by atoms with E-state index in [-0.39, 0.29) is 24.0 Å². The molecule has 1 heterocycles. The van der Waals surface area contributed by atoms with E-state index < -0.39 is 0 Å². The molecule has 2 aliphatic rings. The number of morpholine rings is 1. The topological polar surface area (TPSA) is 58.1 Å². The second kappa shape index (κ2) is 11.7. The van der Waals surface area contributed by atoms with Crippen LogP contribution in [-0.4, -0.2) is 62.9 Å². The molecule has 3 rings (SSSR count). The summed E-state index contributed by atoms with van der Waals surface area (Å²) in [5.41, 5.74) is 1.12. The number of nitrogens with one attached hydrogen (secondary N) is 2. The van der Waals surface area contributed by atoms with Crippen molar-refractivity contribution in [3.05, 3.63) is 29.8 Å². The molecule has 2 N–H and O–H groups in total. The molecule has 7 heteroatoms. The van der Waals surface area contributed by atoms with Gasteiger partial charge in [-0.05, 0) is 25.3 Å². The van der Waals surface area contributed by atoms with Gasteiger partial charge in [0.05, 0.1) is 19.8 Å². The maximum Gasteiger partial charge on any atom is 0.191 e. The quantitative estimate of drug-likeness (QED) is 0.335. The molecule has 2 atom stereocenters. The fourth-order valence-electron chi connectivity index (χ4n) is 3.07. The number of ether oxygens (including phenoxy) is 2. The number of para-hydroxylation sites is 1. The molecule has 1 aromatic rings. The predicted octanol–water partition coefficient (Wildman–Crippen LogP) is 2.48. The van der Waals surface area contributed by atoms with Gasteiger partial charge in [-0.1, -0.05) is 25.1 Å². The van der Waals surface area contributed by atoms with Gasteiger partial charge in [-0.2, -0.15) is 0 Å². The third-order valence-corrected chi connectivity index (χ3v) is 4.92. The summed E-state index contributed by atoms with van der Waals surface area (Å²) in [4.78, 5) is 7.13. The summed E-state index contributed by atoms with van der Waals surface area (Å²) < 4.78 is 11.4. The molecular weight excluding hydrogens is 455 g/mol. The summed E-state index contributed by atoms with van der Waals surface area (Å²) in [5, 5.41) is 6.83. The van der Waals surface area contributed by atoms with Crippen molar-refractivity contribution in [2.24, 2.45) is 10.9 Å². The molecule has 0 bridgehead atoms. The van der Waals surface area contributed by atoms with Crippen molar-refractivity contribution in [3.63, 3.8) is 0 Å². The van der Waals surface area contributed by atoms with Gasteiger partial charge >= 0.3 is 0 Å². The van der Waals surface area contributed by atoms with Crippen LogP contribution in [-0.2, 0) is 11.3 Å². The van der Waals surface area contributed by atoms with E-state index in [1.165, 1.54) is 6.42 Å². The SMILES string of the molecule is CCNC(=NCc1ccccc1OCCN1CCOCC1)NC1CC1C.I. The molecule has 6 nitrogen and oxygen atoms in total. The number of aliphatic imine (C=N–C) groups is 1. The number of rotatable bonds is 8. The van der Waals surface area contributed by atoms with Crippen LogP contribution >= 0.6 is 24.0 Å². The van der Waals surface area contributed by atoms with Crippen molar-refractivity contribution in [1.29, 1.82) is 0 Å². The first-order valence-electron chi connectivity index (χ1n) is 9.82. The lowest BCUT2D eigenvalue weighted by molar-refractivity contribution is 0.0322. The maximum absolute atomic E-state index is 6.05. The minimum absolute atomic E-state index is 0. The van der Waals surface area contributed by atoms with E-state index in [2.05, 4.69) is 35.4 Å². The lowest BCUT2D eigenvalue weighted by Gasteiger charge is -2.26. The van der Waals surface area contributed by atoms with Crippen molar-refractivity contribution < 1.29 is 9.47 Å². The fourth-order valence-corrected chi connectivity index (χ4v) is 3.07. The van der Waals surface area contributed by atoms with Crippen molar-refractivity contribution in [3.8, 4) is 5.75 Å². The Morgan fingerprint density at radius 3 is 2.74 bits per heavy atom. The lowest BCUT2D eigenvalue weighted by atomic mass is 10.2. The number of hydrogen-bond donors (Lipinski definition) is 2. The third-order valence-electron chi connectivity index (χ3n) is 4.92. The van der Waals surface area contributed by atoms with E-state index in [1.54, 1.807) is 0 Å². The van der Waals surface area contributed by atoms with Gasteiger partial charge in [0.25, 0.3) is 0 Å². The molecule has 2 unspecified atom stereocenters. The fraction of sp³-hybridized carbons (Fsp3) is 0.650. The minimum Gasteiger partial charge on any atom is -0.492 e. The Labute approximate surface area is 180 Å². The molecule has 0 amide bonds. The first-order valence-corrected chi connectivity index (χ1v) is 9.82. The van der Waals surface area contributed by atoms with Crippen molar-refractivity contribution in [2.45, 2.75) is 32.9 Å². The number of hydrogen-bond acceptors (Lipinski definition) is 4. The van der Waals surface area contributed by atoms with Crippen LogP contribution in [0.5, 0.6) is 5.75 Å². The first-order chi connectivity index (χ1) is 12.8. The summed E-state index contributed by atoms with van der Waals surface area (Å²) in [5.74, 6) is 2.57. The molecule has 2 fully saturated rings. The van der Waals surface area contributed by atoms with Gasteiger partial charge in [0.2, 0.25) is 0 Å². The normalized spacial score (nSPS) is 22.7. The van der Waals surface area contributed by atoms with Crippen molar-refractivity contribution in [1.82, 2.24) is 15.5 Å². The van der Waals surface area contributed by atoms with E-state index in [4.69, 9.17) is 14.5 Å². The summed E-state index contributed by atoms with van der Waals surface area (Å²) in [6.07, 6.45) is 1.23. The number of benzene rings is 1. The van der Waals surface area contributed by atoms with Crippen LogP contribution in [0, 0.1) is 5.92 Å². The standard InChI is InChI=1S/C20H32N4O2.HI/c1-3-21-20(23-18-14-16(18)2)22-15-17-6-4-5-7-19(17)26-13-10-24-8-11-25-12-9-24;/h4-7,16,18H,3,8-15H2,1-2H3,(H2,21,22,23);1H. The highest BCUT2D eigenvalue weighted by molar-refractivity contribution is 14.0. The molecule has 27 heavy (non-hydrogen) atoms. The van der Waals surface area contributed by atoms with Crippen molar-refractivity contribution in [2.75, 3.05) is 46.0 Å². The summed E-state index contributed by atoms with van der Waals surface area (Å²) >= 11 is 0. The number of nitrogens with zero attached hydrogens (tertiary/aromatic N) is 2. The number of halogens is 1. The van der Waals surface area contributed by atoms with E-state index in [0.29, 0.717) is 19.2 Å². The van der Waals surface area contributed by atoms with Crippen LogP contribution in [0.4, 0.5) is 0 Å². The second-order valence-corrected chi connectivity index (χ2v) is 7.07. The van der Waals surface area contributed by atoms with E-state index in [1.807, 2.05) is 18.2 Å².